The summed E-state index contributed by atoms with van der Waals surface area (Å²) in [5, 5.41) is 9.24. The largest absolute Gasteiger partial charge is 0.481 e. The van der Waals surface area contributed by atoms with E-state index in [9.17, 15) is 9.90 Å². The molecule has 17 heavy (non-hydrogen) atoms. The molecule has 1 aromatic rings. The second-order valence-corrected chi connectivity index (χ2v) is 4.99. The minimum Gasteiger partial charge on any atom is -0.481 e. The molecule has 0 aliphatic rings. The molecule has 0 aliphatic heterocycles. The van der Waals surface area contributed by atoms with E-state index in [0.717, 1.165) is 16.7 Å². The van der Waals surface area contributed by atoms with E-state index in [-0.39, 0.29) is 5.92 Å². The molecule has 0 aromatic heterocycles. The quantitative estimate of drug-likeness (QED) is 0.843. The average molecular weight is 235 g/mol. The number of hydrogen-bond donors (Lipinski definition) is 2. The van der Waals surface area contributed by atoms with E-state index < -0.39 is 17.9 Å². The van der Waals surface area contributed by atoms with Crippen molar-refractivity contribution in [2.75, 3.05) is 0 Å². The summed E-state index contributed by atoms with van der Waals surface area (Å²) in [6, 6.07) is 5.50. The van der Waals surface area contributed by atoms with E-state index in [2.05, 4.69) is 0 Å². The lowest BCUT2D eigenvalue weighted by Gasteiger charge is -2.25. The zero-order chi connectivity index (χ0) is 13.2. The monoisotopic (exact) mass is 235 g/mol. The summed E-state index contributed by atoms with van der Waals surface area (Å²) in [7, 11) is 0. The van der Waals surface area contributed by atoms with Crippen LogP contribution in [-0.4, -0.2) is 11.1 Å². The first-order chi connectivity index (χ1) is 7.84. The SMILES string of the molecule is Cc1ccc(C(N)C(C(=O)O)C(C)C)c(C)c1. The van der Waals surface area contributed by atoms with Crippen LogP contribution in [0.25, 0.3) is 0 Å². The lowest BCUT2D eigenvalue weighted by molar-refractivity contribution is -0.144. The van der Waals surface area contributed by atoms with Gasteiger partial charge < -0.3 is 10.8 Å². The van der Waals surface area contributed by atoms with Crippen LogP contribution in [0.3, 0.4) is 0 Å². The standard InChI is InChI=1S/C14H21NO2/c1-8(2)12(14(16)17)13(15)11-6-5-9(3)7-10(11)4/h5-8,12-13H,15H2,1-4H3,(H,16,17). The van der Waals surface area contributed by atoms with Gasteiger partial charge in [-0.3, -0.25) is 4.79 Å². The Morgan fingerprint density at radius 2 is 1.88 bits per heavy atom. The number of carboxylic acid groups (broad SMARTS) is 1. The molecule has 1 aromatic carbocycles. The molecule has 0 bridgehead atoms. The van der Waals surface area contributed by atoms with Crippen LogP contribution in [0.2, 0.25) is 0 Å². The number of aryl methyl sites for hydroxylation is 2. The number of aliphatic carboxylic acids is 1. The number of rotatable bonds is 4. The van der Waals surface area contributed by atoms with Crippen LogP contribution >= 0.6 is 0 Å². The van der Waals surface area contributed by atoms with Gasteiger partial charge in [0.25, 0.3) is 0 Å². The Labute approximate surface area is 103 Å². The molecule has 0 spiro atoms. The van der Waals surface area contributed by atoms with Crippen LogP contribution in [0.1, 0.15) is 36.6 Å². The van der Waals surface area contributed by atoms with Crippen molar-refractivity contribution >= 4 is 5.97 Å². The molecule has 0 radical (unpaired) electrons. The van der Waals surface area contributed by atoms with E-state index >= 15 is 0 Å². The summed E-state index contributed by atoms with van der Waals surface area (Å²) >= 11 is 0. The van der Waals surface area contributed by atoms with Crippen LogP contribution in [0.5, 0.6) is 0 Å². The Balaban J connectivity index is 3.09. The van der Waals surface area contributed by atoms with Gasteiger partial charge in [-0.05, 0) is 30.9 Å². The van der Waals surface area contributed by atoms with Gasteiger partial charge in [0, 0.05) is 6.04 Å². The number of benzene rings is 1. The predicted octanol–water partition coefficient (Wildman–Crippen LogP) is 2.66. The third kappa shape index (κ3) is 3.07. The minimum absolute atomic E-state index is 0.0169. The third-order valence-corrected chi connectivity index (χ3v) is 3.17. The summed E-state index contributed by atoms with van der Waals surface area (Å²) in [6.07, 6.45) is 0. The van der Waals surface area contributed by atoms with Crippen molar-refractivity contribution in [3.63, 3.8) is 0 Å². The number of hydrogen-bond acceptors (Lipinski definition) is 2. The molecule has 3 nitrogen and oxygen atoms in total. The fraction of sp³-hybridized carbons (Fsp3) is 0.500. The number of carbonyl (C=O) groups is 1. The van der Waals surface area contributed by atoms with Gasteiger partial charge in [0.15, 0.2) is 0 Å². The first-order valence-corrected chi connectivity index (χ1v) is 5.90. The van der Waals surface area contributed by atoms with Crippen LogP contribution in [0.15, 0.2) is 18.2 Å². The molecule has 0 aliphatic carbocycles. The van der Waals surface area contributed by atoms with E-state index in [0.29, 0.717) is 0 Å². The maximum Gasteiger partial charge on any atom is 0.308 e. The first-order valence-electron chi connectivity index (χ1n) is 5.90. The van der Waals surface area contributed by atoms with Gasteiger partial charge in [0.2, 0.25) is 0 Å². The molecule has 94 valence electrons. The van der Waals surface area contributed by atoms with Crippen molar-refractivity contribution in [1.29, 1.82) is 0 Å². The van der Waals surface area contributed by atoms with E-state index in [1.807, 2.05) is 45.9 Å². The zero-order valence-corrected chi connectivity index (χ0v) is 10.9. The summed E-state index contributed by atoms with van der Waals surface area (Å²) in [6.45, 7) is 7.77. The lowest BCUT2D eigenvalue weighted by atomic mass is 9.83. The second kappa shape index (κ2) is 5.32. The Morgan fingerprint density at radius 3 is 2.29 bits per heavy atom. The molecule has 0 fully saturated rings. The summed E-state index contributed by atoms with van der Waals surface area (Å²) in [5.41, 5.74) is 9.26. The fourth-order valence-electron chi connectivity index (χ4n) is 2.25. The maximum atomic E-state index is 11.3. The molecule has 3 N–H and O–H groups in total. The smallest absolute Gasteiger partial charge is 0.308 e. The zero-order valence-electron chi connectivity index (χ0n) is 10.9. The van der Waals surface area contributed by atoms with Crippen molar-refractivity contribution in [2.24, 2.45) is 17.6 Å². The van der Waals surface area contributed by atoms with Gasteiger partial charge in [-0.25, -0.2) is 0 Å². The van der Waals surface area contributed by atoms with Crippen molar-refractivity contribution in [2.45, 2.75) is 33.7 Å². The van der Waals surface area contributed by atoms with Crippen LogP contribution in [-0.2, 0) is 4.79 Å². The minimum atomic E-state index is -0.826. The van der Waals surface area contributed by atoms with E-state index in [4.69, 9.17) is 5.73 Å². The van der Waals surface area contributed by atoms with Gasteiger partial charge in [-0.1, -0.05) is 37.6 Å². The number of carboxylic acids is 1. The third-order valence-electron chi connectivity index (χ3n) is 3.17. The second-order valence-electron chi connectivity index (χ2n) is 4.99. The van der Waals surface area contributed by atoms with E-state index in [1.54, 1.807) is 0 Å². The molecule has 0 saturated carbocycles. The Kier molecular flexibility index (Phi) is 4.29. The van der Waals surface area contributed by atoms with Crippen molar-refractivity contribution in [3.8, 4) is 0 Å². The molecule has 0 saturated heterocycles. The van der Waals surface area contributed by atoms with Gasteiger partial charge in [0.1, 0.15) is 0 Å². The van der Waals surface area contributed by atoms with E-state index in [1.165, 1.54) is 0 Å². The highest BCUT2D eigenvalue weighted by molar-refractivity contribution is 5.71. The molecule has 3 heteroatoms. The van der Waals surface area contributed by atoms with Gasteiger partial charge >= 0.3 is 5.97 Å². The predicted molar refractivity (Wildman–Crippen MR) is 68.8 cm³/mol. The van der Waals surface area contributed by atoms with Crippen molar-refractivity contribution in [3.05, 3.63) is 34.9 Å². The van der Waals surface area contributed by atoms with Gasteiger partial charge in [0.05, 0.1) is 5.92 Å². The normalized spacial score (nSPS) is 14.7. The Hall–Kier alpha value is -1.35. The fourth-order valence-corrected chi connectivity index (χ4v) is 2.25. The lowest BCUT2D eigenvalue weighted by Crippen LogP contribution is -2.32. The van der Waals surface area contributed by atoms with Crippen LogP contribution < -0.4 is 5.73 Å². The molecule has 0 heterocycles. The summed E-state index contributed by atoms with van der Waals surface area (Å²) in [4.78, 5) is 11.3. The van der Waals surface area contributed by atoms with Crippen molar-refractivity contribution < 1.29 is 9.90 Å². The van der Waals surface area contributed by atoms with Gasteiger partial charge in [-0.2, -0.15) is 0 Å². The average Bonchev–Trinajstić information content (AvgIpc) is 2.15. The van der Waals surface area contributed by atoms with Gasteiger partial charge in [-0.15, -0.1) is 0 Å². The molecule has 1 rings (SSSR count). The van der Waals surface area contributed by atoms with Crippen molar-refractivity contribution in [1.82, 2.24) is 0 Å². The van der Waals surface area contributed by atoms with Crippen LogP contribution in [0.4, 0.5) is 0 Å². The first kappa shape index (κ1) is 13.7. The maximum absolute atomic E-state index is 11.3. The Morgan fingerprint density at radius 1 is 1.29 bits per heavy atom. The summed E-state index contributed by atoms with van der Waals surface area (Å²) < 4.78 is 0. The number of nitrogens with two attached hydrogens (primary N) is 1. The molecule has 2 unspecified atom stereocenters. The summed E-state index contributed by atoms with van der Waals surface area (Å²) in [5.74, 6) is -1.35. The highest BCUT2D eigenvalue weighted by Crippen LogP contribution is 2.28. The molecule has 2 atom stereocenters. The van der Waals surface area contributed by atoms with Crippen LogP contribution in [0, 0.1) is 25.7 Å². The Bertz CT molecular complexity index is 413. The highest BCUT2D eigenvalue weighted by Gasteiger charge is 2.30. The molecular weight excluding hydrogens is 214 g/mol. The molecule has 0 amide bonds. The molecular formula is C14H21NO2. The topological polar surface area (TPSA) is 63.3 Å². The highest BCUT2D eigenvalue weighted by atomic mass is 16.4.